The SMILES string of the molecule is CCCCCCCCCCCCCCCCCCCC(=O)NCCCN(CC(=O)NCCCCCCN)C(=O)O[C@H]1CC[C@@]2(C)C(=CC[C@H]3[C@@H]4CC[C@H]([C@H](C)CCCC(C)C)[C@@]4(C)CC[C@@H]32)C1. The molecular weight excluding hydrogens is 829 g/mol. The maximum Gasteiger partial charge on any atom is 0.410 e. The van der Waals surface area contributed by atoms with Gasteiger partial charge in [0.1, 0.15) is 12.6 Å². The molecule has 0 radical (unpaired) electrons. The number of nitrogens with two attached hydrogens (primary N) is 1. The summed E-state index contributed by atoms with van der Waals surface area (Å²) < 4.78 is 6.32. The van der Waals surface area contributed by atoms with E-state index in [1.807, 2.05) is 0 Å². The molecule has 0 spiro atoms. The number of carbonyl (C=O) groups excluding carboxylic acids is 3. The molecule has 3 amide bonds. The maximum atomic E-state index is 13.9. The van der Waals surface area contributed by atoms with Crippen molar-refractivity contribution in [2.45, 2.75) is 266 Å². The molecule has 0 saturated heterocycles. The van der Waals surface area contributed by atoms with Crippen LogP contribution < -0.4 is 16.4 Å². The third-order valence-corrected chi connectivity index (χ3v) is 18.0. The molecule has 8 nitrogen and oxygen atoms in total. The third-order valence-electron chi connectivity index (χ3n) is 18.0. The molecule has 0 aromatic carbocycles. The van der Waals surface area contributed by atoms with E-state index in [0.717, 1.165) is 93.3 Å². The number of hydrogen-bond acceptors (Lipinski definition) is 5. The molecule has 8 heteroatoms. The van der Waals surface area contributed by atoms with Crippen molar-refractivity contribution < 1.29 is 19.1 Å². The van der Waals surface area contributed by atoms with Gasteiger partial charge in [-0.3, -0.25) is 14.5 Å². The highest BCUT2D eigenvalue weighted by Crippen LogP contribution is 2.67. The Kier molecular flexibility index (Phi) is 27.5. The molecule has 8 atom stereocenters. The van der Waals surface area contributed by atoms with Crippen LogP contribution in [0, 0.1) is 46.3 Å². The van der Waals surface area contributed by atoms with Gasteiger partial charge in [-0.2, -0.15) is 0 Å². The lowest BCUT2D eigenvalue weighted by molar-refractivity contribution is -0.123. The summed E-state index contributed by atoms with van der Waals surface area (Å²) in [5, 5.41) is 6.12. The predicted octanol–water partition coefficient (Wildman–Crippen LogP) is 15.0. The van der Waals surface area contributed by atoms with Crippen LogP contribution in [0.25, 0.3) is 0 Å². The number of allylic oxidation sites excluding steroid dienone is 1. The van der Waals surface area contributed by atoms with Crippen molar-refractivity contribution >= 4 is 17.9 Å². The van der Waals surface area contributed by atoms with Crippen LogP contribution in [0.3, 0.4) is 0 Å². The number of fused-ring (bicyclic) bond motifs is 5. The number of nitrogens with zero attached hydrogens (tertiary/aromatic N) is 1. The number of nitrogens with one attached hydrogen (secondary N) is 2. The normalized spacial score (nSPS) is 26.0. The molecule has 0 unspecified atom stereocenters. The van der Waals surface area contributed by atoms with E-state index in [2.05, 4.69) is 58.3 Å². The van der Waals surface area contributed by atoms with Crippen LogP contribution in [-0.2, 0) is 14.3 Å². The van der Waals surface area contributed by atoms with Crippen LogP contribution >= 0.6 is 0 Å². The lowest BCUT2D eigenvalue weighted by Crippen LogP contribution is -2.51. The lowest BCUT2D eigenvalue weighted by atomic mass is 9.47. The van der Waals surface area contributed by atoms with Gasteiger partial charge in [-0.05, 0) is 124 Å². The first-order chi connectivity index (χ1) is 32.4. The largest absolute Gasteiger partial charge is 0.446 e. The summed E-state index contributed by atoms with van der Waals surface area (Å²) in [5.74, 6) is 4.73. The van der Waals surface area contributed by atoms with Crippen molar-refractivity contribution in [3.63, 3.8) is 0 Å². The number of ether oxygens (including phenoxy) is 1. The third kappa shape index (κ3) is 19.6. The molecule has 4 rings (SSSR count). The van der Waals surface area contributed by atoms with E-state index in [-0.39, 0.29) is 29.9 Å². The zero-order valence-electron chi connectivity index (χ0n) is 44.9. The highest BCUT2D eigenvalue weighted by Gasteiger charge is 2.59. The van der Waals surface area contributed by atoms with E-state index in [0.29, 0.717) is 44.4 Å². The van der Waals surface area contributed by atoms with Crippen molar-refractivity contribution in [3.05, 3.63) is 11.6 Å². The maximum absolute atomic E-state index is 13.9. The van der Waals surface area contributed by atoms with E-state index in [9.17, 15) is 14.4 Å². The number of unbranched alkanes of at least 4 members (excludes halogenated alkanes) is 19. The fourth-order valence-corrected chi connectivity index (χ4v) is 13.9. The number of rotatable bonds is 36. The molecule has 67 heavy (non-hydrogen) atoms. The molecular formula is C59H108N4O4. The molecule has 3 fully saturated rings. The first-order valence-corrected chi connectivity index (χ1v) is 29.3. The summed E-state index contributed by atoms with van der Waals surface area (Å²) in [7, 11) is 0. The zero-order chi connectivity index (χ0) is 48.3. The van der Waals surface area contributed by atoms with Crippen molar-refractivity contribution in [2.75, 3.05) is 32.7 Å². The summed E-state index contributed by atoms with van der Waals surface area (Å²) in [6.07, 6.45) is 43.2. The standard InChI is InChI=1S/C59H108N4O4/c1-7-8-9-10-11-12-13-14-15-16-17-18-19-20-21-22-25-32-55(64)61-43-29-44-63(46-56(65)62-42-27-24-23-26-41-60)57(66)67-50-37-39-58(5)49(45-50)33-34-51-53-36-35-52(48(4)31-28-30-47(2)3)59(53,6)40-38-54(51)58/h33,47-48,50-54H,7-32,34-46,60H2,1-6H3,(H,61,64)(H,62,65)/t48-,50+,51+,52-,53+,54+,58+,59-/m1/s1. The fraction of sp³-hybridized carbons (Fsp3) is 0.915. The van der Waals surface area contributed by atoms with Gasteiger partial charge >= 0.3 is 6.09 Å². The second kappa shape index (κ2) is 32.0. The summed E-state index contributed by atoms with van der Waals surface area (Å²) >= 11 is 0. The average molecular weight is 938 g/mol. The molecule has 4 N–H and O–H groups in total. The Morgan fingerprint density at radius 1 is 0.687 bits per heavy atom. The van der Waals surface area contributed by atoms with Gasteiger partial charge in [-0.25, -0.2) is 4.79 Å². The second-order valence-electron chi connectivity index (χ2n) is 23.6. The van der Waals surface area contributed by atoms with E-state index in [1.165, 1.54) is 153 Å². The second-order valence-corrected chi connectivity index (χ2v) is 23.6. The van der Waals surface area contributed by atoms with Gasteiger partial charge in [-0.15, -0.1) is 0 Å². The Morgan fingerprint density at radius 2 is 1.28 bits per heavy atom. The molecule has 388 valence electrons. The highest BCUT2D eigenvalue weighted by molar-refractivity contribution is 5.82. The quantitative estimate of drug-likeness (QED) is 0.0428. The number of hydrogen-bond donors (Lipinski definition) is 3. The molecule has 0 aromatic rings. The molecule has 3 saturated carbocycles. The molecule has 4 aliphatic rings. The molecule has 0 bridgehead atoms. The van der Waals surface area contributed by atoms with Crippen LogP contribution in [0.5, 0.6) is 0 Å². The summed E-state index contributed by atoms with van der Waals surface area (Å²) in [5.41, 5.74) is 7.82. The summed E-state index contributed by atoms with van der Waals surface area (Å²) in [6.45, 7) is 16.9. The minimum Gasteiger partial charge on any atom is -0.446 e. The molecule has 0 aliphatic heterocycles. The topological polar surface area (TPSA) is 114 Å². The van der Waals surface area contributed by atoms with Gasteiger partial charge < -0.3 is 21.1 Å². The minimum absolute atomic E-state index is 0.0246. The smallest absolute Gasteiger partial charge is 0.410 e. The average Bonchev–Trinajstić information content (AvgIpc) is 3.66. The Balaban J connectivity index is 1.17. The van der Waals surface area contributed by atoms with Crippen LogP contribution in [0.4, 0.5) is 4.79 Å². The molecule has 0 heterocycles. The van der Waals surface area contributed by atoms with Gasteiger partial charge in [0.25, 0.3) is 0 Å². The molecule has 0 aromatic heterocycles. The summed E-state index contributed by atoms with van der Waals surface area (Å²) in [4.78, 5) is 41.4. The number of amides is 3. The van der Waals surface area contributed by atoms with Crippen molar-refractivity contribution in [3.8, 4) is 0 Å². The number of carbonyl (C=O) groups is 3. The Bertz CT molecular complexity index is 1420. The molecule has 4 aliphatic carbocycles. The minimum atomic E-state index is -0.399. The summed E-state index contributed by atoms with van der Waals surface area (Å²) in [6, 6.07) is 0. The van der Waals surface area contributed by atoms with Crippen molar-refractivity contribution in [1.82, 2.24) is 15.5 Å². The predicted molar refractivity (Wildman–Crippen MR) is 282 cm³/mol. The van der Waals surface area contributed by atoms with Gasteiger partial charge in [0.2, 0.25) is 11.8 Å². The van der Waals surface area contributed by atoms with Crippen molar-refractivity contribution in [2.24, 2.45) is 52.1 Å². The van der Waals surface area contributed by atoms with Crippen LogP contribution in [0.15, 0.2) is 11.6 Å². The first-order valence-electron chi connectivity index (χ1n) is 29.3. The first kappa shape index (κ1) is 57.5. The van der Waals surface area contributed by atoms with Crippen LogP contribution in [0.2, 0.25) is 0 Å². The Hall–Kier alpha value is -2.09. The van der Waals surface area contributed by atoms with Gasteiger partial charge in [0.15, 0.2) is 0 Å². The van der Waals surface area contributed by atoms with Crippen LogP contribution in [0.1, 0.15) is 260 Å². The Labute approximate surface area is 413 Å². The monoisotopic (exact) mass is 937 g/mol. The Morgan fingerprint density at radius 3 is 1.93 bits per heavy atom. The van der Waals surface area contributed by atoms with E-state index in [4.69, 9.17) is 10.5 Å². The van der Waals surface area contributed by atoms with Gasteiger partial charge in [0, 0.05) is 32.5 Å². The highest BCUT2D eigenvalue weighted by atomic mass is 16.6. The van der Waals surface area contributed by atoms with E-state index < -0.39 is 6.09 Å². The van der Waals surface area contributed by atoms with Crippen LogP contribution in [-0.4, -0.2) is 61.6 Å². The van der Waals surface area contributed by atoms with E-state index >= 15 is 0 Å². The van der Waals surface area contributed by atoms with Gasteiger partial charge in [0.05, 0.1) is 0 Å². The fourth-order valence-electron chi connectivity index (χ4n) is 13.9. The lowest BCUT2D eigenvalue weighted by Gasteiger charge is -2.58. The van der Waals surface area contributed by atoms with Gasteiger partial charge in [-0.1, -0.05) is 188 Å². The van der Waals surface area contributed by atoms with E-state index in [1.54, 1.807) is 4.90 Å². The van der Waals surface area contributed by atoms with Crippen molar-refractivity contribution in [1.29, 1.82) is 0 Å². The zero-order valence-corrected chi connectivity index (χ0v) is 44.9.